The lowest BCUT2D eigenvalue weighted by Crippen LogP contribution is -2.28. The van der Waals surface area contributed by atoms with Crippen LogP contribution in [0.1, 0.15) is 76.3 Å². The third-order valence-electron chi connectivity index (χ3n) is 7.83. The molecule has 198 valence electrons. The van der Waals surface area contributed by atoms with E-state index in [-0.39, 0.29) is 30.5 Å². The number of halogens is 1. The highest BCUT2D eigenvalue weighted by atomic mass is 35.5. The largest absolute Gasteiger partial charge is 0.490 e. The molecule has 3 atom stereocenters. The summed E-state index contributed by atoms with van der Waals surface area (Å²) in [7, 11) is 0. The van der Waals surface area contributed by atoms with Gasteiger partial charge in [-0.15, -0.1) is 12.4 Å². The molecule has 0 saturated heterocycles. The quantitative estimate of drug-likeness (QED) is 0.227. The van der Waals surface area contributed by atoms with Gasteiger partial charge in [-0.1, -0.05) is 72.8 Å². The number of ether oxygens (including phenoxy) is 1. The average molecular weight is 530 g/mol. The van der Waals surface area contributed by atoms with E-state index in [4.69, 9.17) is 4.74 Å². The number of hydrogen-bond acceptors (Lipinski definition) is 3. The number of carbonyl (C=O) groups is 1. The van der Waals surface area contributed by atoms with Crippen LogP contribution in [0.4, 0.5) is 0 Å². The van der Waals surface area contributed by atoms with Crippen molar-refractivity contribution in [3.05, 3.63) is 112 Å². The normalized spacial score (nSPS) is 17.2. The molecule has 1 aliphatic rings. The molecular formula is C33H36ClNO3. The molecule has 0 aliphatic carbocycles. The lowest BCUT2D eigenvalue weighted by Gasteiger charge is -2.34. The van der Waals surface area contributed by atoms with Gasteiger partial charge in [0, 0.05) is 17.5 Å². The van der Waals surface area contributed by atoms with Gasteiger partial charge in [0.25, 0.3) is 0 Å². The Bertz CT molecular complexity index is 1430. The third-order valence-corrected chi connectivity index (χ3v) is 7.83. The summed E-state index contributed by atoms with van der Waals surface area (Å²) in [6, 6.07) is 27.6. The summed E-state index contributed by atoms with van der Waals surface area (Å²) in [5.74, 6) is 0.175. The van der Waals surface area contributed by atoms with E-state index in [9.17, 15) is 9.90 Å². The minimum absolute atomic E-state index is 0. The first-order valence-electron chi connectivity index (χ1n) is 13.2. The molecule has 38 heavy (non-hydrogen) atoms. The highest BCUT2D eigenvalue weighted by Crippen LogP contribution is 2.43. The molecule has 1 heterocycles. The van der Waals surface area contributed by atoms with E-state index in [2.05, 4.69) is 66.8 Å². The fourth-order valence-electron chi connectivity index (χ4n) is 5.92. The van der Waals surface area contributed by atoms with Gasteiger partial charge >= 0.3 is 5.97 Å². The standard InChI is InChI=1S/C33H35NO3.ClH/c1-21-17-18-26(22(2)32(21)33(35)36)30-20-25(37-31-16-7-6-14-29(30)31)12-9-19-34-23(3)27-15-8-11-24-10-4-5-13-28(24)27;/h4-8,10-11,13-18,23,25,30,34H,9,12,19-20H2,1-3H3,(H,35,36);1H/t23-,25-,30+;/m1./s1. The molecule has 4 aromatic carbocycles. The van der Waals surface area contributed by atoms with E-state index in [1.807, 2.05) is 38.1 Å². The van der Waals surface area contributed by atoms with Gasteiger partial charge in [0.1, 0.15) is 5.75 Å². The fourth-order valence-corrected chi connectivity index (χ4v) is 5.92. The fraction of sp³-hybridized carbons (Fsp3) is 0.303. The Morgan fingerprint density at radius 2 is 1.71 bits per heavy atom. The predicted molar refractivity (Wildman–Crippen MR) is 157 cm³/mol. The first-order chi connectivity index (χ1) is 17.9. The summed E-state index contributed by atoms with van der Waals surface area (Å²) in [5, 5.41) is 16.1. The topological polar surface area (TPSA) is 58.6 Å². The number of para-hydroxylation sites is 1. The Hall–Kier alpha value is -3.34. The van der Waals surface area contributed by atoms with Crippen molar-refractivity contribution in [3.8, 4) is 5.75 Å². The highest BCUT2D eigenvalue weighted by molar-refractivity contribution is 5.91. The zero-order chi connectivity index (χ0) is 25.9. The molecule has 2 N–H and O–H groups in total. The van der Waals surface area contributed by atoms with Crippen LogP contribution < -0.4 is 10.1 Å². The van der Waals surface area contributed by atoms with E-state index < -0.39 is 5.97 Å². The number of aryl methyl sites for hydroxylation is 1. The first kappa shape index (κ1) is 27.7. The van der Waals surface area contributed by atoms with Crippen LogP contribution in [0.3, 0.4) is 0 Å². The smallest absolute Gasteiger partial charge is 0.336 e. The maximum absolute atomic E-state index is 12.0. The molecule has 0 radical (unpaired) electrons. The van der Waals surface area contributed by atoms with Crippen LogP contribution >= 0.6 is 12.4 Å². The summed E-state index contributed by atoms with van der Waals surface area (Å²) in [4.78, 5) is 12.0. The Labute approximate surface area is 231 Å². The van der Waals surface area contributed by atoms with Crippen LogP contribution in [0.25, 0.3) is 10.8 Å². The molecule has 0 amide bonds. The van der Waals surface area contributed by atoms with E-state index >= 15 is 0 Å². The Balaban J connectivity index is 0.00000336. The van der Waals surface area contributed by atoms with Crippen LogP contribution in [0.5, 0.6) is 5.75 Å². The molecule has 0 bridgehead atoms. The van der Waals surface area contributed by atoms with Crippen molar-refractivity contribution in [2.45, 2.75) is 58.1 Å². The number of carboxylic acids is 1. The van der Waals surface area contributed by atoms with Crippen molar-refractivity contribution in [1.82, 2.24) is 5.32 Å². The molecule has 0 aromatic heterocycles. The average Bonchev–Trinajstić information content (AvgIpc) is 2.90. The van der Waals surface area contributed by atoms with E-state index in [1.54, 1.807) is 0 Å². The number of aromatic carboxylic acids is 1. The van der Waals surface area contributed by atoms with Gasteiger partial charge in [0.2, 0.25) is 0 Å². The molecule has 0 spiro atoms. The van der Waals surface area contributed by atoms with Crippen molar-refractivity contribution in [2.24, 2.45) is 0 Å². The lowest BCUT2D eigenvalue weighted by molar-refractivity contribution is 0.0695. The summed E-state index contributed by atoms with van der Waals surface area (Å²) in [5.41, 5.74) is 5.64. The van der Waals surface area contributed by atoms with Gasteiger partial charge in [0.05, 0.1) is 11.7 Å². The Kier molecular flexibility index (Phi) is 8.76. The van der Waals surface area contributed by atoms with Crippen molar-refractivity contribution in [1.29, 1.82) is 0 Å². The Morgan fingerprint density at radius 1 is 0.974 bits per heavy atom. The summed E-state index contributed by atoms with van der Waals surface area (Å²) < 4.78 is 6.43. The number of rotatable bonds is 8. The molecule has 0 unspecified atom stereocenters. The molecule has 4 nitrogen and oxygen atoms in total. The predicted octanol–water partition coefficient (Wildman–Crippen LogP) is 7.99. The van der Waals surface area contributed by atoms with Crippen LogP contribution in [0.2, 0.25) is 0 Å². The second-order valence-electron chi connectivity index (χ2n) is 10.2. The summed E-state index contributed by atoms with van der Waals surface area (Å²) in [6.07, 6.45) is 2.88. The lowest BCUT2D eigenvalue weighted by atomic mass is 9.80. The van der Waals surface area contributed by atoms with Crippen LogP contribution in [-0.4, -0.2) is 23.7 Å². The Morgan fingerprint density at radius 3 is 2.53 bits per heavy atom. The van der Waals surface area contributed by atoms with Gasteiger partial charge in [-0.2, -0.15) is 0 Å². The molecule has 5 heteroatoms. The van der Waals surface area contributed by atoms with Crippen molar-refractivity contribution < 1.29 is 14.6 Å². The van der Waals surface area contributed by atoms with Crippen LogP contribution in [-0.2, 0) is 0 Å². The summed E-state index contributed by atoms with van der Waals surface area (Å²) >= 11 is 0. The molecule has 4 aromatic rings. The zero-order valence-corrected chi connectivity index (χ0v) is 23.1. The monoisotopic (exact) mass is 529 g/mol. The minimum Gasteiger partial charge on any atom is -0.490 e. The van der Waals surface area contributed by atoms with Gasteiger partial charge in [0.15, 0.2) is 0 Å². The summed E-state index contributed by atoms with van der Waals surface area (Å²) in [6.45, 7) is 6.94. The van der Waals surface area contributed by atoms with Crippen LogP contribution in [0, 0.1) is 13.8 Å². The second kappa shape index (κ2) is 12.0. The zero-order valence-electron chi connectivity index (χ0n) is 22.2. The van der Waals surface area contributed by atoms with Crippen molar-refractivity contribution in [2.75, 3.05) is 6.54 Å². The second-order valence-corrected chi connectivity index (χ2v) is 10.2. The van der Waals surface area contributed by atoms with E-state index in [0.717, 1.165) is 53.8 Å². The van der Waals surface area contributed by atoms with Crippen molar-refractivity contribution in [3.63, 3.8) is 0 Å². The minimum atomic E-state index is -0.861. The van der Waals surface area contributed by atoms with Gasteiger partial charge < -0.3 is 15.2 Å². The number of carboxylic acid groups (broad SMARTS) is 1. The first-order valence-corrected chi connectivity index (χ1v) is 13.2. The number of benzene rings is 4. The number of fused-ring (bicyclic) bond motifs is 2. The maximum atomic E-state index is 12.0. The van der Waals surface area contributed by atoms with Crippen LogP contribution in [0.15, 0.2) is 78.9 Å². The molecule has 5 rings (SSSR count). The van der Waals surface area contributed by atoms with Gasteiger partial charge in [-0.05, 0) is 85.7 Å². The number of nitrogens with one attached hydrogen (secondary N) is 1. The SMILES string of the molecule is Cc1ccc([C@@H]2C[C@@H](CCCN[C@H](C)c3cccc4ccccc34)Oc3ccccc32)c(C)c1C(=O)O.Cl. The van der Waals surface area contributed by atoms with Crippen molar-refractivity contribution >= 4 is 29.1 Å². The molecule has 0 fully saturated rings. The van der Waals surface area contributed by atoms with Gasteiger partial charge in [-0.25, -0.2) is 4.79 Å². The highest BCUT2D eigenvalue weighted by Gasteiger charge is 2.31. The third kappa shape index (κ3) is 5.57. The maximum Gasteiger partial charge on any atom is 0.336 e. The molecule has 0 saturated carbocycles. The molecular weight excluding hydrogens is 494 g/mol. The van der Waals surface area contributed by atoms with Gasteiger partial charge in [-0.3, -0.25) is 0 Å². The van der Waals surface area contributed by atoms with E-state index in [1.165, 1.54) is 16.3 Å². The molecule has 1 aliphatic heterocycles. The van der Waals surface area contributed by atoms with E-state index in [0.29, 0.717) is 5.56 Å². The number of hydrogen-bond donors (Lipinski definition) is 2.